The second kappa shape index (κ2) is 9.29. The van der Waals surface area contributed by atoms with Crippen molar-refractivity contribution in [2.75, 3.05) is 11.9 Å². The number of nitrogens with zero attached hydrogens (tertiary/aromatic N) is 1. The van der Waals surface area contributed by atoms with Crippen LogP contribution < -0.4 is 5.32 Å². The Kier molecular flexibility index (Phi) is 6.74. The zero-order chi connectivity index (χ0) is 22.7. The van der Waals surface area contributed by atoms with Crippen LogP contribution in [-0.4, -0.2) is 35.5 Å². The Morgan fingerprint density at radius 2 is 2.10 bits per heavy atom. The number of nitrogens with one attached hydrogen (secondary N) is 1. The summed E-state index contributed by atoms with van der Waals surface area (Å²) in [5.74, 6) is -2.69. The van der Waals surface area contributed by atoms with E-state index in [-0.39, 0.29) is 12.4 Å². The van der Waals surface area contributed by atoms with Crippen molar-refractivity contribution < 1.29 is 33.2 Å². The fourth-order valence-corrected chi connectivity index (χ4v) is 4.68. The van der Waals surface area contributed by atoms with Crippen LogP contribution in [-0.2, 0) is 27.1 Å². The van der Waals surface area contributed by atoms with Crippen molar-refractivity contribution in [2.45, 2.75) is 46.1 Å². The molecule has 2 aromatic heterocycles. The predicted molar refractivity (Wildman–Crippen MR) is 110 cm³/mol. The quantitative estimate of drug-likeness (QED) is 0.382. The molecule has 166 valence electrons. The van der Waals surface area contributed by atoms with Crippen LogP contribution in [0.25, 0.3) is 0 Å². The van der Waals surface area contributed by atoms with Gasteiger partial charge in [-0.3, -0.25) is 14.9 Å². The molecule has 0 saturated carbocycles. The molecule has 0 unspecified atom stereocenters. The number of furan rings is 1. The van der Waals surface area contributed by atoms with Gasteiger partial charge >= 0.3 is 17.8 Å². The number of rotatable bonds is 7. The molecule has 1 N–H and O–H groups in total. The van der Waals surface area contributed by atoms with Crippen LogP contribution in [0.3, 0.4) is 0 Å². The van der Waals surface area contributed by atoms with Gasteiger partial charge < -0.3 is 19.2 Å². The molecule has 0 aromatic carbocycles. The van der Waals surface area contributed by atoms with E-state index in [9.17, 15) is 24.5 Å². The molecule has 0 aliphatic heterocycles. The third-order valence-electron chi connectivity index (χ3n) is 4.85. The molecule has 3 rings (SSSR count). The summed E-state index contributed by atoms with van der Waals surface area (Å²) in [4.78, 5) is 48.2. The number of thiophene rings is 1. The third kappa shape index (κ3) is 4.93. The molecule has 0 radical (unpaired) electrons. The van der Waals surface area contributed by atoms with E-state index in [1.54, 1.807) is 6.92 Å². The van der Waals surface area contributed by atoms with Crippen LogP contribution in [0, 0.1) is 16.0 Å². The molecule has 0 fully saturated rings. The number of fused-ring (bicyclic) bond motifs is 1. The Balaban J connectivity index is 1.74. The summed E-state index contributed by atoms with van der Waals surface area (Å²) in [7, 11) is 0. The lowest BCUT2D eigenvalue weighted by atomic mass is 9.88. The van der Waals surface area contributed by atoms with Crippen molar-refractivity contribution in [2.24, 2.45) is 5.92 Å². The van der Waals surface area contributed by atoms with Crippen molar-refractivity contribution in [1.82, 2.24) is 0 Å². The molecule has 1 aliphatic rings. The smallest absolute Gasteiger partial charge is 0.433 e. The number of carbonyl (C=O) groups is 3. The van der Waals surface area contributed by atoms with Crippen molar-refractivity contribution in [3.05, 3.63) is 44.0 Å². The molecular weight excluding hydrogens is 428 g/mol. The van der Waals surface area contributed by atoms with E-state index >= 15 is 0 Å². The van der Waals surface area contributed by atoms with Gasteiger partial charge in [0.05, 0.1) is 18.2 Å². The number of esters is 2. The Morgan fingerprint density at radius 1 is 1.35 bits per heavy atom. The van der Waals surface area contributed by atoms with E-state index in [2.05, 4.69) is 12.2 Å². The minimum atomic E-state index is -1.23. The van der Waals surface area contributed by atoms with Crippen molar-refractivity contribution in [1.29, 1.82) is 0 Å². The normalized spacial score (nSPS) is 16.2. The Morgan fingerprint density at radius 3 is 2.74 bits per heavy atom. The molecule has 10 nitrogen and oxygen atoms in total. The van der Waals surface area contributed by atoms with Crippen LogP contribution >= 0.6 is 11.3 Å². The highest BCUT2D eigenvalue weighted by Crippen LogP contribution is 2.40. The van der Waals surface area contributed by atoms with Gasteiger partial charge in [-0.1, -0.05) is 6.92 Å². The van der Waals surface area contributed by atoms with Gasteiger partial charge in [0.15, 0.2) is 6.10 Å². The van der Waals surface area contributed by atoms with Gasteiger partial charge in [0.2, 0.25) is 5.76 Å². The minimum absolute atomic E-state index is 0.205. The van der Waals surface area contributed by atoms with Crippen LogP contribution in [0.15, 0.2) is 16.5 Å². The first-order chi connectivity index (χ1) is 14.7. The first-order valence-electron chi connectivity index (χ1n) is 9.79. The SMILES string of the molecule is CCOC(=O)c1c(NC(=O)[C@H](C)OC(=O)c2ccc([N+](=O)[O-])o2)sc2c1CC[C@@H](C)C2. The maximum atomic E-state index is 12.6. The highest BCUT2D eigenvalue weighted by molar-refractivity contribution is 7.17. The molecule has 31 heavy (non-hydrogen) atoms. The van der Waals surface area contributed by atoms with E-state index < -0.39 is 34.8 Å². The van der Waals surface area contributed by atoms with Gasteiger partial charge in [-0.25, -0.2) is 9.59 Å². The highest BCUT2D eigenvalue weighted by atomic mass is 32.1. The van der Waals surface area contributed by atoms with E-state index in [4.69, 9.17) is 13.9 Å². The summed E-state index contributed by atoms with van der Waals surface area (Å²) in [5.41, 5.74) is 1.24. The fraction of sp³-hybridized carbons (Fsp3) is 0.450. The summed E-state index contributed by atoms with van der Waals surface area (Å²) in [5, 5.41) is 13.7. The zero-order valence-corrected chi connectivity index (χ0v) is 18.1. The van der Waals surface area contributed by atoms with Crippen molar-refractivity contribution >= 4 is 40.1 Å². The number of hydrogen-bond acceptors (Lipinski definition) is 9. The zero-order valence-electron chi connectivity index (χ0n) is 17.3. The van der Waals surface area contributed by atoms with Gasteiger partial charge in [0.25, 0.3) is 5.91 Å². The molecule has 0 saturated heterocycles. The first kappa shape index (κ1) is 22.5. The summed E-state index contributed by atoms with van der Waals surface area (Å²) in [6.07, 6.45) is 1.24. The van der Waals surface area contributed by atoms with E-state index in [0.29, 0.717) is 16.5 Å². The second-order valence-electron chi connectivity index (χ2n) is 7.21. The average Bonchev–Trinajstić information content (AvgIpc) is 3.32. The number of ether oxygens (including phenoxy) is 2. The standard InChI is InChI=1S/C20H22N2O8S/c1-4-28-20(25)16-12-6-5-10(2)9-14(12)31-18(16)21-17(23)11(3)29-19(24)13-7-8-15(30-13)22(26)27/h7-8,10-11H,4-6,9H2,1-3H3,(H,21,23)/t10-,11+/m1/s1. The van der Waals surface area contributed by atoms with Gasteiger partial charge in [0.1, 0.15) is 9.92 Å². The molecule has 2 aromatic rings. The number of anilines is 1. The Labute approximate surface area is 181 Å². The van der Waals surface area contributed by atoms with Crippen LogP contribution in [0.4, 0.5) is 10.9 Å². The summed E-state index contributed by atoms with van der Waals surface area (Å²) in [6.45, 7) is 5.39. The van der Waals surface area contributed by atoms with E-state index in [0.717, 1.165) is 41.8 Å². The second-order valence-corrected chi connectivity index (χ2v) is 8.31. The van der Waals surface area contributed by atoms with Gasteiger partial charge in [-0.15, -0.1) is 11.3 Å². The first-order valence-corrected chi connectivity index (χ1v) is 10.6. The molecule has 2 atom stereocenters. The monoisotopic (exact) mass is 450 g/mol. The molecular formula is C20H22N2O8S. The number of amides is 1. The molecule has 2 heterocycles. The van der Waals surface area contributed by atoms with Crippen LogP contribution in [0.2, 0.25) is 0 Å². The maximum Gasteiger partial charge on any atom is 0.433 e. The topological polar surface area (TPSA) is 138 Å². The Bertz CT molecular complexity index is 1020. The van der Waals surface area contributed by atoms with Gasteiger partial charge in [-0.05, 0) is 50.7 Å². The number of nitro groups is 1. The van der Waals surface area contributed by atoms with Crippen LogP contribution in [0.5, 0.6) is 0 Å². The molecule has 0 spiro atoms. The molecule has 0 bridgehead atoms. The van der Waals surface area contributed by atoms with Gasteiger partial charge in [-0.2, -0.15) is 0 Å². The maximum absolute atomic E-state index is 12.6. The lowest BCUT2D eigenvalue weighted by Crippen LogP contribution is -2.30. The van der Waals surface area contributed by atoms with Crippen molar-refractivity contribution in [3.63, 3.8) is 0 Å². The molecule has 1 aliphatic carbocycles. The lowest BCUT2D eigenvalue weighted by molar-refractivity contribution is -0.402. The minimum Gasteiger partial charge on any atom is -0.462 e. The van der Waals surface area contributed by atoms with Crippen molar-refractivity contribution in [3.8, 4) is 0 Å². The predicted octanol–water partition coefficient (Wildman–Crippen LogP) is 3.73. The fourth-order valence-electron chi connectivity index (χ4n) is 3.28. The van der Waals surface area contributed by atoms with E-state index in [1.165, 1.54) is 18.3 Å². The summed E-state index contributed by atoms with van der Waals surface area (Å²) in [6, 6.07) is 2.11. The third-order valence-corrected chi connectivity index (χ3v) is 6.02. The van der Waals surface area contributed by atoms with Gasteiger partial charge in [0, 0.05) is 4.88 Å². The van der Waals surface area contributed by atoms with Crippen LogP contribution in [0.1, 0.15) is 58.5 Å². The summed E-state index contributed by atoms with van der Waals surface area (Å²) >= 11 is 1.32. The molecule has 11 heteroatoms. The number of carbonyl (C=O) groups excluding carboxylic acids is 3. The highest BCUT2D eigenvalue weighted by Gasteiger charge is 2.31. The Hall–Kier alpha value is -3.21. The average molecular weight is 450 g/mol. The number of hydrogen-bond donors (Lipinski definition) is 1. The lowest BCUT2D eigenvalue weighted by Gasteiger charge is -2.18. The largest absolute Gasteiger partial charge is 0.462 e. The van der Waals surface area contributed by atoms with E-state index in [1.807, 2.05) is 0 Å². The summed E-state index contributed by atoms with van der Waals surface area (Å²) < 4.78 is 15.0. The molecule has 1 amide bonds.